The van der Waals surface area contributed by atoms with E-state index in [0.29, 0.717) is 12.2 Å². The van der Waals surface area contributed by atoms with E-state index < -0.39 is 17.8 Å². The SMILES string of the molecule is CCCCCCCN1C(=O)CC(=O)N(c2ccccc2)C1=O. The van der Waals surface area contributed by atoms with Crippen molar-refractivity contribution in [2.45, 2.75) is 45.4 Å². The molecule has 1 aliphatic heterocycles. The van der Waals surface area contributed by atoms with E-state index in [1.807, 2.05) is 6.07 Å². The average molecular weight is 302 g/mol. The summed E-state index contributed by atoms with van der Waals surface area (Å²) in [7, 11) is 0. The molecule has 22 heavy (non-hydrogen) atoms. The Hall–Kier alpha value is -2.17. The van der Waals surface area contributed by atoms with Crippen molar-refractivity contribution < 1.29 is 14.4 Å². The molecular formula is C17H22N2O3. The minimum Gasteiger partial charge on any atom is -0.274 e. The predicted octanol–water partition coefficient (Wildman–Crippen LogP) is 3.34. The van der Waals surface area contributed by atoms with Gasteiger partial charge in [-0.2, -0.15) is 0 Å². The molecule has 5 nitrogen and oxygen atoms in total. The van der Waals surface area contributed by atoms with E-state index >= 15 is 0 Å². The van der Waals surface area contributed by atoms with Crippen LogP contribution in [-0.2, 0) is 9.59 Å². The molecule has 0 radical (unpaired) electrons. The Morgan fingerprint density at radius 1 is 0.909 bits per heavy atom. The highest BCUT2D eigenvalue weighted by atomic mass is 16.2. The molecule has 0 unspecified atom stereocenters. The molecule has 1 aliphatic rings. The van der Waals surface area contributed by atoms with Gasteiger partial charge in [-0.05, 0) is 18.6 Å². The maximum atomic E-state index is 12.5. The van der Waals surface area contributed by atoms with Gasteiger partial charge in [0.25, 0.3) is 0 Å². The summed E-state index contributed by atoms with van der Waals surface area (Å²) in [6, 6.07) is 8.22. The largest absolute Gasteiger partial charge is 0.338 e. The summed E-state index contributed by atoms with van der Waals surface area (Å²) in [6.45, 7) is 2.53. The first-order valence-corrected chi connectivity index (χ1v) is 7.87. The molecule has 1 aromatic rings. The zero-order valence-electron chi connectivity index (χ0n) is 13.0. The summed E-state index contributed by atoms with van der Waals surface area (Å²) in [5, 5.41) is 0. The number of urea groups is 1. The zero-order valence-corrected chi connectivity index (χ0v) is 13.0. The van der Waals surface area contributed by atoms with E-state index in [0.717, 1.165) is 37.0 Å². The second-order valence-corrected chi connectivity index (χ2v) is 5.48. The molecule has 1 saturated heterocycles. The molecule has 0 spiro atoms. The van der Waals surface area contributed by atoms with Crippen LogP contribution in [0, 0.1) is 0 Å². The topological polar surface area (TPSA) is 57.7 Å². The molecule has 0 N–H and O–H groups in total. The minimum atomic E-state index is -0.525. The monoisotopic (exact) mass is 302 g/mol. The van der Waals surface area contributed by atoms with E-state index in [1.165, 1.54) is 4.90 Å². The Morgan fingerprint density at radius 3 is 2.27 bits per heavy atom. The van der Waals surface area contributed by atoms with Crippen LogP contribution in [0.1, 0.15) is 45.4 Å². The van der Waals surface area contributed by atoms with Crippen LogP contribution >= 0.6 is 0 Å². The number of carbonyl (C=O) groups is 3. The molecule has 5 heteroatoms. The lowest BCUT2D eigenvalue weighted by atomic mass is 10.1. The summed E-state index contributed by atoms with van der Waals surface area (Å²) in [4.78, 5) is 38.8. The van der Waals surface area contributed by atoms with Crippen molar-refractivity contribution in [1.82, 2.24) is 4.90 Å². The van der Waals surface area contributed by atoms with Crippen LogP contribution in [-0.4, -0.2) is 29.3 Å². The van der Waals surface area contributed by atoms with E-state index in [9.17, 15) is 14.4 Å². The molecule has 118 valence electrons. The number of hydrogen-bond donors (Lipinski definition) is 0. The quantitative estimate of drug-likeness (QED) is 0.573. The maximum absolute atomic E-state index is 12.5. The van der Waals surface area contributed by atoms with Crippen molar-refractivity contribution in [1.29, 1.82) is 0 Å². The molecule has 1 fully saturated rings. The molecule has 0 saturated carbocycles. The van der Waals surface area contributed by atoms with Crippen LogP contribution < -0.4 is 4.90 Å². The van der Waals surface area contributed by atoms with E-state index in [4.69, 9.17) is 0 Å². The molecule has 2 rings (SSSR count). The highest BCUT2D eigenvalue weighted by Crippen LogP contribution is 2.21. The molecule has 0 aromatic heterocycles. The van der Waals surface area contributed by atoms with E-state index in [2.05, 4.69) is 6.92 Å². The second kappa shape index (κ2) is 7.73. The van der Waals surface area contributed by atoms with Gasteiger partial charge < -0.3 is 0 Å². The first kappa shape index (κ1) is 16.2. The highest BCUT2D eigenvalue weighted by molar-refractivity contribution is 6.26. The molecule has 1 heterocycles. The van der Waals surface area contributed by atoms with E-state index in [1.54, 1.807) is 24.3 Å². The number of benzene rings is 1. The number of amides is 4. The van der Waals surface area contributed by atoms with Crippen molar-refractivity contribution in [3.05, 3.63) is 30.3 Å². The second-order valence-electron chi connectivity index (χ2n) is 5.48. The number of rotatable bonds is 7. The molecule has 1 aromatic carbocycles. The van der Waals surface area contributed by atoms with Gasteiger partial charge in [0.1, 0.15) is 6.42 Å². The van der Waals surface area contributed by atoms with Crippen molar-refractivity contribution in [3.8, 4) is 0 Å². The number of para-hydroxylation sites is 1. The lowest BCUT2D eigenvalue weighted by molar-refractivity contribution is -0.134. The number of nitrogens with zero attached hydrogens (tertiary/aromatic N) is 2. The third-order valence-electron chi connectivity index (χ3n) is 3.77. The molecular weight excluding hydrogens is 280 g/mol. The van der Waals surface area contributed by atoms with Gasteiger partial charge in [0.15, 0.2) is 0 Å². The maximum Gasteiger partial charge on any atom is 0.338 e. The normalized spacial score (nSPS) is 15.6. The first-order valence-electron chi connectivity index (χ1n) is 7.87. The molecule has 0 aliphatic carbocycles. The van der Waals surface area contributed by atoms with Gasteiger partial charge in [0, 0.05) is 6.54 Å². The fourth-order valence-electron chi connectivity index (χ4n) is 2.56. The Balaban J connectivity index is 2.03. The van der Waals surface area contributed by atoms with Gasteiger partial charge in [-0.15, -0.1) is 0 Å². The number of anilines is 1. The minimum absolute atomic E-state index is 0.240. The summed E-state index contributed by atoms with van der Waals surface area (Å²) in [5.74, 6) is -0.846. The van der Waals surface area contributed by atoms with Gasteiger partial charge in [0.2, 0.25) is 11.8 Å². The molecule has 0 bridgehead atoms. The standard InChI is InChI=1S/C17H22N2O3/c1-2-3-4-5-9-12-18-15(20)13-16(21)19(17(18)22)14-10-7-6-8-11-14/h6-8,10-11H,2-5,9,12-13H2,1H3. The average Bonchev–Trinajstić information content (AvgIpc) is 2.50. The van der Waals surface area contributed by atoms with Crippen molar-refractivity contribution >= 4 is 23.5 Å². The predicted molar refractivity (Wildman–Crippen MR) is 84.4 cm³/mol. The van der Waals surface area contributed by atoms with Crippen LogP contribution in [0.25, 0.3) is 0 Å². The smallest absolute Gasteiger partial charge is 0.274 e. The van der Waals surface area contributed by atoms with Crippen molar-refractivity contribution in [2.24, 2.45) is 0 Å². The summed E-state index contributed by atoms with van der Waals surface area (Å²) in [6.07, 6.45) is 4.95. The fourth-order valence-corrected chi connectivity index (χ4v) is 2.56. The molecule has 0 atom stereocenters. The number of hydrogen-bond acceptors (Lipinski definition) is 3. The van der Waals surface area contributed by atoms with Crippen LogP contribution in [0.4, 0.5) is 10.5 Å². The van der Waals surface area contributed by atoms with Crippen molar-refractivity contribution in [2.75, 3.05) is 11.4 Å². The summed E-state index contributed by atoms with van der Waals surface area (Å²) < 4.78 is 0. The Kier molecular flexibility index (Phi) is 5.69. The number of imide groups is 2. The summed E-state index contributed by atoms with van der Waals surface area (Å²) >= 11 is 0. The third-order valence-corrected chi connectivity index (χ3v) is 3.77. The van der Waals surface area contributed by atoms with Crippen molar-refractivity contribution in [3.63, 3.8) is 0 Å². The Labute approximate surface area is 130 Å². The third kappa shape index (κ3) is 3.72. The van der Waals surface area contributed by atoms with Gasteiger partial charge in [0.05, 0.1) is 5.69 Å². The Morgan fingerprint density at radius 2 is 1.59 bits per heavy atom. The van der Waals surface area contributed by atoms with Gasteiger partial charge in [-0.3, -0.25) is 14.5 Å². The molecule has 4 amide bonds. The summed E-state index contributed by atoms with van der Waals surface area (Å²) in [5.41, 5.74) is 0.515. The zero-order chi connectivity index (χ0) is 15.9. The van der Waals surface area contributed by atoms with Gasteiger partial charge >= 0.3 is 6.03 Å². The lowest BCUT2D eigenvalue weighted by Gasteiger charge is -2.32. The first-order chi connectivity index (χ1) is 10.6. The van der Waals surface area contributed by atoms with Gasteiger partial charge in [-0.25, -0.2) is 9.69 Å². The fraction of sp³-hybridized carbons (Fsp3) is 0.471. The van der Waals surface area contributed by atoms with E-state index in [-0.39, 0.29) is 6.42 Å². The number of unbranched alkanes of at least 4 members (excludes halogenated alkanes) is 4. The number of carbonyl (C=O) groups excluding carboxylic acids is 3. The van der Waals surface area contributed by atoms with Crippen LogP contribution in [0.2, 0.25) is 0 Å². The van der Waals surface area contributed by atoms with Crippen LogP contribution in [0.3, 0.4) is 0 Å². The van der Waals surface area contributed by atoms with Crippen LogP contribution in [0.15, 0.2) is 30.3 Å². The van der Waals surface area contributed by atoms with Crippen LogP contribution in [0.5, 0.6) is 0 Å². The Bertz CT molecular complexity index is 542. The highest BCUT2D eigenvalue weighted by Gasteiger charge is 2.38. The lowest BCUT2D eigenvalue weighted by Crippen LogP contribution is -2.55. The number of barbiturate groups is 1. The van der Waals surface area contributed by atoms with Gasteiger partial charge in [-0.1, -0.05) is 50.8 Å².